The molecule has 0 spiro atoms. The molecule has 2 saturated heterocycles. The van der Waals surface area contributed by atoms with Gasteiger partial charge in [0.25, 0.3) is 0 Å². The lowest BCUT2D eigenvalue weighted by atomic mass is 9.90. The van der Waals surface area contributed by atoms with Crippen LogP contribution in [0.4, 0.5) is 9.59 Å². The average Bonchev–Trinajstić information content (AvgIpc) is 3.24. The molecule has 2 aliphatic heterocycles. The number of rotatable bonds is 5. The maximum Gasteiger partial charge on any atom is 0.423 e. The summed E-state index contributed by atoms with van der Waals surface area (Å²) >= 11 is 0. The Morgan fingerprint density at radius 3 is 2.38 bits per heavy atom. The molecule has 3 atom stereocenters. The summed E-state index contributed by atoms with van der Waals surface area (Å²) in [5, 5.41) is 0. The number of ether oxygens (including phenoxy) is 2. The van der Waals surface area contributed by atoms with Crippen LogP contribution in [0.3, 0.4) is 0 Å². The average molecular weight is 456 g/mol. The van der Waals surface area contributed by atoms with E-state index in [-0.39, 0.29) is 6.61 Å². The van der Waals surface area contributed by atoms with Crippen LogP contribution in [0, 0.1) is 5.92 Å². The number of carbonyl (C=O) groups excluding carboxylic acids is 3. The molecule has 3 heterocycles. The van der Waals surface area contributed by atoms with Crippen molar-refractivity contribution in [3.05, 3.63) is 96.6 Å². The first kappa shape index (κ1) is 21.3. The molecular formula is C25H20N4O5. The largest absolute Gasteiger partial charge is 0.447 e. The van der Waals surface area contributed by atoms with Crippen molar-refractivity contribution in [2.45, 2.75) is 12.2 Å². The van der Waals surface area contributed by atoms with Gasteiger partial charge in [0.15, 0.2) is 0 Å². The lowest BCUT2D eigenvalue weighted by Crippen LogP contribution is -2.69. The van der Waals surface area contributed by atoms with Gasteiger partial charge in [-0.2, -0.15) is 0 Å². The van der Waals surface area contributed by atoms with Gasteiger partial charge in [0.2, 0.25) is 5.91 Å². The first-order valence-corrected chi connectivity index (χ1v) is 10.7. The van der Waals surface area contributed by atoms with Crippen LogP contribution in [-0.4, -0.2) is 50.6 Å². The smallest absolute Gasteiger partial charge is 0.423 e. The molecule has 2 fully saturated rings. The first-order valence-electron chi connectivity index (χ1n) is 10.7. The second kappa shape index (κ2) is 9.14. The lowest BCUT2D eigenvalue weighted by molar-refractivity contribution is -0.157. The number of amides is 3. The number of benzene rings is 2. The molecule has 9 nitrogen and oxygen atoms in total. The Labute approximate surface area is 195 Å². The van der Waals surface area contributed by atoms with Crippen molar-refractivity contribution in [1.29, 1.82) is 0 Å². The van der Waals surface area contributed by atoms with Crippen LogP contribution in [0.25, 0.3) is 6.08 Å². The molecule has 0 N–H and O–H groups in total. The highest BCUT2D eigenvalue weighted by atomic mass is 16.6. The van der Waals surface area contributed by atoms with Gasteiger partial charge in [-0.25, -0.2) is 24.5 Å². The number of hydrogen-bond acceptors (Lipinski definition) is 7. The van der Waals surface area contributed by atoms with E-state index in [1.165, 1.54) is 11.2 Å². The summed E-state index contributed by atoms with van der Waals surface area (Å²) in [6.45, 7) is 0.109. The number of β-lactam (4-membered cyclic amide) rings is 1. The van der Waals surface area contributed by atoms with E-state index in [4.69, 9.17) is 9.47 Å². The van der Waals surface area contributed by atoms with Crippen LogP contribution in [0.2, 0.25) is 0 Å². The quantitative estimate of drug-likeness (QED) is 0.540. The maximum atomic E-state index is 13.1. The topological polar surface area (TPSA) is 102 Å². The van der Waals surface area contributed by atoms with Gasteiger partial charge in [-0.3, -0.25) is 9.69 Å². The van der Waals surface area contributed by atoms with Crippen molar-refractivity contribution in [3.8, 4) is 5.75 Å². The Hall–Kier alpha value is -4.53. The van der Waals surface area contributed by atoms with Crippen LogP contribution in [0.1, 0.15) is 17.2 Å². The fraction of sp³-hybridized carbons (Fsp3) is 0.160. The first-order chi connectivity index (χ1) is 16.6. The second-order valence-electron chi connectivity index (χ2n) is 7.77. The predicted molar refractivity (Wildman–Crippen MR) is 120 cm³/mol. The third kappa shape index (κ3) is 3.99. The van der Waals surface area contributed by atoms with E-state index in [0.717, 1.165) is 10.5 Å². The van der Waals surface area contributed by atoms with Crippen LogP contribution < -0.4 is 4.74 Å². The Kier molecular flexibility index (Phi) is 5.73. The molecule has 3 aromatic rings. The number of hydrogen-bond donors (Lipinski definition) is 0. The highest BCUT2D eigenvalue weighted by Crippen LogP contribution is 2.40. The summed E-state index contributed by atoms with van der Waals surface area (Å²) < 4.78 is 10.7. The van der Waals surface area contributed by atoms with Crippen molar-refractivity contribution in [3.63, 3.8) is 0 Å². The molecule has 0 saturated carbocycles. The Morgan fingerprint density at radius 1 is 1.00 bits per heavy atom. The van der Waals surface area contributed by atoms with E-state index in [9.17, 15) is 14.4 Å². The minimum absolute atomic E-state index is 0.109. The Morgan fingerprint density at radius 2 is 1.68 bits per heavy atom. The molecule has 2 aliphatic rings. The molecule has 0 bridgehead atoms. The highest BCUT2D eigenvalue weighted by Gasteiger charge is 2.58. The van der Waals surface area contributed by atoms with Crippen molar-refractivity contribution in [1.82, 2.24) is 19.8 Å². The highest BCUT2D eigenvalue weighted by molar-refractivity contribution is 6.02. The predicted octanol–water partition coefficient (Wildman–Crippen LogP) is 3.67. The van der Waals surface area contributed by atoms with Crippen LogP contribution in [-0.2, 0) is 9.53 Å². The zero-order chi connectivity index (χ0) is 23.5. The molecular weight excluding hydrogens is 436 g/mol. The normalized spacial score (nSPS) is 21.9. The fourth-order valence-corrected chi connectivity index (χ4v) is 4.08. The Balaban J connectivity index is 1.47. The van der Waals surface area contributed by atoms with Gasteiger partial charge in [-0.1, -0.05) is 60.7 Å². The van der Waals surface area contributed by atoms with Gasteiger partial charge in [-0.15, -0.1) is 0 Å². The zero-order valence-electron chi connectivity index (χ0n) is 17.9. The Bertz CT molecular complexity index is 1220. The van der Waals surface area contributed by atoms with Crippen molar-refractivity contribution >= 4 is 24.2 Å². The van der Waals surface area contributed by atoms with Gasteiger partial charge < -0.3 is 9.47 Å². The molecule has 0 radical (unpaired) electrons. The van der Waals surface area contributed by atoms with Gasteiger partial charge in [0, 0.05) is 18.0 Å². The second-order valence-corrected chi connectivity index (χ2v) is 7.77. The summed E-state index contributed by atoms with van der Waals surface area (Å²) in [4.78, 5) is 49.2. The standard InChI is InChI=1S/C25H20N4O5/c30-23-20(12-11-17-13-26-16-27-14-17)22(29(23)25(32)34-19-9-5-2-6-10-19)28-21(15-33-24(28)31)18-7-3-1-4-8-18/h1-14,16,20-22H,15H2/t20-,21-,22-/m1/s1. The van der Waals surface area contributed by atoms with Crippen LogP contribution in [0.5, 0.6) is 5.75 Å². The minimum Gasteiger partial charge on any atom is -0.447 e. The molecule has 0 unspecified atom stereocenters. The van der Waals surface area contributed by atoms with E-state index in [0.29, 0.717) is 11.3 Å². The SMILES string of the molecule is O=C(Oc1ccccc1)N1C(=O)[C@H](C=Cc2cncnc2)[C@@H]1N1C(=O)OC[C@@H]1c1ccccc1. The van der Waals surface area contributed by atoms with Gasteiger partial charge >= 0.3 is 12.2 Å². The van der Waals surface area contributed by atoms with Gasteiger partial charge in [0.1, 0.15) is 24.8 Å². The van der Waals surface area contributed by atoms with E-state index in [1.807, 2.05) is 30.3 Å². The molecule has 2 aromatic carbocycles. The number of aromatic nitrogens is 2. The number of carbonyl (C=O) groups is 3. The summed E-state index contributed by atoms with van der Waals surface area (Å²) in [5.41, 5.74) is 1.52. The molecule has 1 aromatic heterocycles. The molecule has 34 heavy (non-hydrogen) atoms. The van der Waals surface area contributed by atoms with Crippen molar-refractivity contribution in [2.24, 2.45) is 5.92 Å². The number of para-hydroxylation sites is 1. The fourth-order valence-electron chi connectivity index (χ4n) is 4.08. The van der Waals surface area contributed by atoms with E-state index < -0.39 is 36.2 Å². The monoisotopic (exact) mass is 456 g/mol. The number of likely N-dealkylation sites (tertiary alicyclic amines) is 1. The third-order valence-electron chi connectivity index (χ3n) is 5.71. The van der Waals surface area contributed by atoms with E-state index >= 15 is 0 Å². The number of nitrogens with zero attached hydrogens (tertiary/aromatic N) is 4. The lowest BCUT2D eigenvalue weighted by Gasteiger charge is -2.48. The van der Waals surface area contributed by atoms with E-state index in [1.54, 1.807) is 54.9 Å². The molecule has 170 valence electrons. The van der Waals surface area contributed by atoms with Gasteiger partial charge in [-0.05, 0) is 17.7 Å². The summed E-state index contributed by atoms with van der Waals surface area (Å²) in [7, 11) is 0. The summed E-state index contributed by atoms with van der Waals surface area (Å²) in [5.74, 6) is -0.964. The molecule has 9 heteroatoms. The van der Waals surface area contributed by atoms with Crippen LogP contribution in [0.15, 0.2) is 85.5 Å². The van der Waals surface area contributed by atoms with Crippen LogP contribution >= 0.6 is 0 Å². The molecule has 3 amide bonds. The van der Waals surface area contributed by atoms with E-state index in [2.05, 4.69) is 9.97 Å². The summed E-state index contributed by atoms with van der Waals surface area (Å²) in [6.07, 6.45) is 5.55. The minimum atomic E-state index is -0.912. The number of imide groups is 1. The van der Waals surface area contributed by atoms with Gasteiger partial charge in [0.05, 0.1) is 12.0 Å². The maximum absolute atomic E-state index is 13.1. The molecule has 5 rings (SSSR count). The van der Waals surface area contributed by atoms with Crippen molar-refractivity contribution < 1.29 is 23.9 Å². The zero-order valence-corrected chi connectivity index (χ0v) is 17.9. The van der Waals surface area contributed by atoms with Crippen molar-refractivity contribution in [2.75, 3.05) is 6.61 Å². The third-order valence-corrected chi connectivity index (χ3v) is 5.71. The summed E-state index contributed by atoms with van der Waals surface area (Å²) in [6, 6.07) is 17.3. The molecule has 0 aliphatic carbocycles. The number of cyclic esters (lactones) is 1.